The number of sulfonamides is 1. The Morgan fingerprint density at radius 2 is 1.85 bits per heavy atom. The Bertz CT molecular complexity index is 1430. The second-order valence-corrected chi connectivity index (χ2v) is 10.6. The van der Waals surface area contributed by atoms with Crippen LogP contribution in [-0.2, 0) is 14.8 Å². The molecule has 33 heavy (non-hydrogen) atoms. The Balaban J connectivity index is 1.49. The maximum absolute atomic E-state index is 12.8. The molecule has 1 fully saturated rings. The Labute approximate surface area is 191 Å². The fourth-order valence-corrected chi connectivity index (χ4v) is 5.66. The van der Waals surface area contributed by atoms with Gasteiger partial charge in [0.25, 0.3) is 0 Å². The number of carbonyl (C=O) groups is 1. The summed E-state index contributed by atoms with van der Waals surface area (Å²) < 4.78 is 39.6. The molecular weight excluding hydrogens is 442 g/mol. The Hall–Kier alpha value is -3.04. The van der Waals surface area contributed by atoms with Crippen LogP contribution >= 0.6 is 0 Å². The first-order chi connectivity index (χ1) is 15.9. The van der Waals surface area contributed by atoms with E-state index in [1.54, 1.807) is 26.0 Å². The van der Waals surface area contributed by atoms with Crippen LogP contribution < -0.4 is 4.72 Å². The van der Waals surface area contributed by atoms with E-state index in [0.29, 0.717) is 40.5 Å². The number of carbonyl (C=O) groups excluding carboxylic acids is 1. The lowest BCUT2D eigenvalue weighted by Crippen LogP contribution is -2.39. The molecule has 0 amide bonds. The van der Waals surface area contributed by atoms with Crippen molar-refractivity contribution in [3.05, 3.63) is 42.3 Å². The quantitative estimate of drug-likeness (QED) is 0.388. The van der Waals surface area contributed by atoms with Crippen molar-refractivity contribution in [1.29, 1.82) is 0 Å². The number of benzene rings is 2. The van der Waals surface area contributed by atoms with Gasteiger partial charge in [0.05, 0.1) is 10.9 Å². The van der Waals surface area contributed by atoms with Crippen LogP contribution in [0.3, 0.4) is 0 Å². The average molecular weight is 468 g/mol. The number of furan rings is 1. The van der Waals surface area contributed by atoms with E-state index in [9.17, 15) is 13.2 Å². The van der Waals surface area contributed by atoms with Crippen LogP contribution in [0.15, 0.2) is 50.2 Å². The molecule has 5 rings (SSSR count). The molecule has 0 unspecified atom stereocenters. The summed E-state index contributed by atoms with van der Waals surface area (Å²) in [5.74, 6) is 1.38. The van der Waals surface area contributed by atoms with Gasteiger partial charge >= 0.3 is 0 Å². The maximum Gasteiger partial charge on any atom is 0.241 e. The molecule has 172 valence electrons. The summed E-state index contributed by atoms with van der Waals surface area (Å²) in [5, 5.41) is 5.60. The van der Waals surface area contributed by atoms with Crippen molar-refractivity contribution < 1.29 is 22.2 Å². The van der Waals surface area contributed by atoms with Gasteiger partial charge in [0.2, 0.25) is 21.7 Å². The molecule has 4 aromatic rings. The van der Waals surface area contributed by atoms with E-state index in [1.165, 1.54) is 18.9 Å². The summed E-state index contributed by atoms with van der Waals surface area (Å²) in [5.41, 5.74) is 1.94. The number of fused-ring (bicyclic) bond motifs is 3. The van der Waals surface area contributed by atoms with Gasteiger partial charge in [-0.1, -0.05) is 37.9 Å². The molecular formula is C24H25N3O5S. The fourth-order valence-electron chi connectivity index (χ4n) is 4.32. The molecule has 0 aliphatic heterocycles. The van der Waals surface area contributed by atoms with E-state index in [2.05, 4.69) is 14.9 Å². The molecule has 0 radical (unpaired) electrons. The zero-order valence-electron chi connectivity index (χ0n) is 18.4. The average Bonchev–Trinajstić information content (AvgIpc) is 3.55. The van der Waals surface area contributed by atoms with Crippen LogP contribution in [0.25, 0.3) is 33.3 Å². The molecule has 0 saturated heterocycles. The zero-order chi connectivity index (χ0) is 23.2. The lowest BCUT2D eigenvalue weighted by molar-refractivity contribution is -0.110. The van der Waals surface area contributed by atoms with Gasteiger partial charge in [0, 0.05) is 22.3 Å². The van der Waals surface area contributed by atoms with Crippen LogP contribution in [0.1, 0.15) is 51.3 Å². The smallest absolute Gasteiger partial charge is 0.241 e. The number of nitrogens with one attached hydrogen (secondary N) is 1. The summed E-state index contributed by atoms with van der Waals surface area (Å²) in [7, 11) is -3.87. The molecule has 1 saturated carbocycles. The van der Waals surface area contributed by atoms with Crippen LogP contribution in [0.5, 0.6) is 0 Å². The summed E-state index contributed by atoms with van der Waals surface area (Å²) in [6, 6.07) is 9.46. The maximum atomic E-state index is 12.8. The van der Waals surface area contributed by atoms with Crippen LogP contribution in [0, 0.1) is 5.92 Å². The summed E-state index contributed by atoms with van der Waals surface area (Å²) in [4.78, 5) is 15.9. The molecule has 2 aromatic heterocycles. The number of hydrogen-bond donors (Lipinski definition) is 1. The van der Waals surface area contributed by atoms with Gasteiger partial charge in [-0.2, -0.15) is 4.98 Å². The lowest BCUT2D eigenvalue weighted by Gasteiger charge is -2.16. The van der Waals surface area contributed by atoms with Crippen molar-refractivity contribution in [3.8, 4) is 11.4 Å². The molecule has 0 spiro atoms. The largest absolute Gasteiger partial charge is 0.456 e. The predicted molar refractivity (Wildman–Crippen MR) is 123 cm³/mol. The van der Waals surface area contributed by atoms with Crippen molar-refractivity contribution in [3.63, 3.8) is 0 Å². The highest BCUT2D eigenvalue weighted by molar-refractivity contribution is 7.89. The minimum absolute atomic E-state index is 0.0775. The van der Waals surface area contributed by atoms with Gasteiger partial charge in [-0.15, -0.1) is 0 Å². The highest BCUT2D eigenvalue weighted by atomic mass is 32.2. The second kappa shape index (κ2) is 8.39. The van der Waals surface area contributed by atoms with Gasteiger partial charge in [-0.05, 0) is 49.1 Å². The standard InChI is InChI=1S/C24H25N3O5S/c1-14(2)20(13-28)27-33(29,30)17-8-10-21-19(12-17)18-9-7-16(11-22(18)31-21)23-25-24(32-26-23)15-5-3-4-6-15/h7-15,20,27H,3-6H2,1-2H3/t20-/m0/s1. The Morgan fingerprint density at radius 3 is 2.58 bits per heavy atom. The van der Waals surface area contributed by atoms with Crippen molar-refractivity contribution in [1.82, 2.24) is 14.9 Å². The highest BCUT2D eigenvalue weighted by Crippen LogP contribution is 2.36. The van der Waals surface area contributed by atoms with Gasteiger partial charge in [0.1, 0.15) is 17.5 Å². The molecule has 8 nitrogen and oxygen atoms in total. The number of hydrogen-bond acceptors (Lipinski definition) is 7. The van der Waals surface area contributed by atoms with Gasteiger partial charge in [-0.25, -0.2) is 13.1 Å². The molecule has 1 N–H and O–H groups in total. The molecule has 2 aromatic carbocycles. The normalized spacial score (nSPS) is 16.2. The van der Waals surface area contributed by atoms with E-state index < -0.39 is 16.1 Å². The van der Waals surface area contributed by atoms with Crippen LogP contribution in [0.2, 0.25) is 0 Å². The molecule has 2 heterocycles. The summed E-state index contributed by atoms with van der Waals surface area (Å²) >= 11 is 0. The van der Waals surface area contributed by atoms with Gasteiger partial charge < -0.3 is 13.7 Å². The second-order valence-electron chi connectivity index (χ2n) is 8.94. The Morgan fingerprint density at radius 1 is 1.06 bits per heavy atom. The van der Waals surface area contributed by atoms with Crippen LogP contribution in [-0.4, -0.2) is 30.9 Å². The van der Waals surface area contributed by atoms with Gasteiger partial charge in [0.15, 0.2) is 0 Å². The van der Waals surface area contributed by atoms with E-state index >= 15 is 0 Å². The summed E-state index contributed by atoms with van der Waals surface area (Å²) in [6.45, 7) is 3.57. The van der Waals surface area contributed by atoms with E-state index in [-0.39, 0.29) is 10.8 Å². The highest BCUT2D eigenvalue weighted by Gasteiger charge is 2.25. The minimum Gasteiger partial charge on any atom is -0.456 e. The van der Waals surface area contributed by atoms with Crippen molar-refractivity contribution in [2.75, 3.05) is 0 Å². The van der Waals surface area contributed by atoms with Crippen molar-refractivity contribution >= 4 is 38.2 Å². The molecule has 1 aliphatic carbocycles. The van der Waals surface area contributed by atoms with E-state index in [4.69, 9.17) is 8.94 Å². The molecule has 9 heteroatoms. The topological polar surface area (TPSA) is 115 Å². The third kappa shape index (κ3) is 4.06. The number of aldehydes is 1. The zero-order valence-corrected chi connectivity index (χ0v) is 19.3. The first-order valence-electron chi connectivity index (χ1n) is 11.1. The Kier molecular flexibility index (Phi) is 5.54. The first kappa shape index (κ1) is 21.8. The number of nitrogens with zero attached hydrogens (tertiary/aromatic N) is 2. The van der Waals surface area contributed by atoms with E-state index in [1.807, 2.05) is 18.2 Å². The van der Waals surface area contributed by atoms with Gasteiger partial charge in [-0.3, -0.25) is 0 Å². The van der Waals surface area contributed by atoms with Crippen molar-refractivity contribution in [2.45, 2.75) is 56.4 Å². The third-order valence-corrected chi connectivity index (χ3v) is 7.77. The third-order valence-electron chi connectivity index (χ3n) is 6.31. The number of rotatable bonds is 7. The monoisotopic (exact) mass is 467 g/mol. The SMILES string of the molecule is CC(C)[C@H](C=O)NS(=O)(=O)c1ccc2oc3cc(-c4noc(C5CCCC5)n4)ccc3c2c1. The van der Waals surface area contributed by atoms with E-state index in [0.717, 1.165) is 23.8 Å². The molecule has 1 atom stereocenters. The number of aromatic nitrogens is 2. The lowest BCUT2D eigenvalue weighted by atomic mass is 10.1. The minimum atomic E-state index is -3.87. The van der Waals surface area contributed by atoms with Crippen molar-refractivity contribution in [2.24, 2.45) is 5.92 Å². The fraction of sp³-hybridized carbons (Fsp3) is 0.375. The predicted octanol–water partition coefficient (Wildman–Crippen LogP) is 4.80. The molecule has 0 bridgehead atoms. The first-order valence-corrected chi connectivity index (χ1v) is 12.6. The molecule has 1 aliphatic rings. The summed E-state index contributed by atoms with van der Waals surface area (Å²) in [6.07, 6.45) is 5.15. The van der Waals surface area contributed by atoms with Crippen LogP contribution in [0.4, 0.5) is 0 Å².